The molecule has 0 saturated heterocycles. The van der Waals surface area contributed by atoms with Crippen molar-refractivity contribution < 1.29 is 9.72 Å². The number of nitrogens with zero attached hydrogens (tertiary/aromatic N) is 1. The summed E-state index contributed by atoms with van der Waals surface area (Å²) in [4.78, 5) is 24.4. The lowest BCUT2D eigenvalue weighted by molar-refractivity contribution is -0.384. The van der Waals surface area contributed by atoms with Crippen molar-refractivity contribution in [1.82, 2.24) is 4.98 Å². The highest BCUT2D eigenvalue weighted by Crippen LogP contribution is 2.15. The van der Waals surface area contributed by atoms with Crippen LogP contribution in [0.4, 0.5) is 11.4 Å². The van der Waals surface area contributed by atoms with Gasteiger partial charge in [0, 0.05) is 17.6 Å². The molecule has 1 heterocycles. The Bertz CT molecular complexity index is 622. The zero-order chi connectivity index (χ0) is 14.5. The van der Waals surface area contributed by atoms with Crippen LogP contribution in [0.5, 0.6) is 0 Å². The Morgan fingerprint density at radius 2 is 2.05 bits per heavy atom. The van der Waals surface area contributed by atoms with Gasteiger partial charge in [0.05, 0.1) is 11.1 Å². The number of aromatic nitrogens is 1. The predicted octanol–water partition coefficient (Wildman–Crippen LogP) is 2.96. The van der Waals surface area contributed by atoms with Crippen molar-refractivity contribution in [3.05, 3.63) is 57.9 Å². The first-order valence-electron chi connectivity index (χ1n) is 5.89. The first kappa shape index (κ1) is 14.1. The number of nitro groups is 1. The lowest BCUT2D eigenvalue weighted by atomic mass is 10.1. The summed E-state index contributed by atoms with van der Waals surface area (Å²) in [5.74, 6) is 0.112. The number of rotatable bonds is 5. The number of halogens is 1. The average Bonchev–Trinajstić information content (AvgIpc) is 2.91. The molecule has 1 aromatic carbocycles. The highest BCUT2D eigenvalue weighted by atomic mass is 35.5. The number of carbonyl (C=O) groups excluding carboxylic acids is 1. The maximum atomic E-state index is 11.9. The molecule has 6 nitrogen and oxygen atoms in total. The third-order valence-corrected chi connectivity index (χ3v) is 2.91. The van der Waals surface area contributed by atoms with Crippen LogP contribution in [0.1, 0.15) is 16.1 Å². The number of carbonyl (C=O) groups is 1. The van der Waals surface area contributed by atoms with Gasteiger partial charge >= 0.3 is 0 Å². The van der Waals surface area contributed by atoms with Crippen LogP contribution in [-0.2, 0) is 6.42 Å². The number of hydrogen-bond acceptors (Lipinski definition) is 3. The largest absolute Gasteiger partial charge is 0.351 e. The number of aryl methyl sites for hydroxylation is 1. The van der Waals surface area contributed by atoms with E-state index in [4.69, 9.17) is 11.6 Å². The van der Waals surface area contributed by atoms with Gasteiger partial charge in [-0.3, -0.25) is 14.9 Å². The zero-order valence-corrected chi connectivity index (χ0v) is 11.2. The minimum absolute atomic E-state index is 0.140. The third kappa shape index (κ3) is 3.36. The van der Waals surface area contributed by atoms with E-state index in [9.17, 15) is 14.9 Å². The Kier molecular flexibility index (Phi) is 4.37. The summed E-state index contributed by atoms with van der Waals surface area (Å²) in [7, 11) is 0. The fourth-order valence-corrected chi connectivity index (χ4v) is 1.90. The summed E-state index contributed by atoms with van der Waals surface area (Å²) in [6.45, 7) is 0. The second-order valence-electron chi connectivity index (χ2n) is 4.12. The van der Waals surface area contributed by atoms with E-state index >= 15 is 0 Å². The monoisotopic (exact) mass is 293 g/mol. The number of anilines is 1. The van der Waals surface area contributed by atoms with Crippen LogP contribution in [0, 0.1) is 10.1 Å². The maximum absolute atomic E-state index is 11.9. The molecule has 0 saturated carbocycles. The van der Waals surface area contributed by atoms with Crippen LogP contribution in [-0.4, -0.2) is 21.7 Å². The van der Waals surface area contributed by atoms with Crippen LogP contribution in [0.25, 0.3) is 0 Å². The second kappa shape index (κ2) is 6.21. The van der Waals surface area contributed by atoms with Gasteiger partial charge in [0.15, 0.2) is 0 Å². The number of benzene rings is 1. The number of alkyl halides is 1. The third-order valence-electron chi connectivity index (χ3n) is 2.72. The topological polar surface area (TPSA) is 88.0 Å². The average molecular weight is 294 g/mol. The van der Waals surface area contributed by atoms with Gasteiger partial charge in [-0.05, 0) is 24.1 Å². The summed E-state index contributed by atoms with van der Waals surface area (Å²) in [5, 5.41) is 13.2. The van der Waals surface area contributed by atoms with Crippen molar-refractivity contribution >= 4 is 28.9 Å². The number of aromatic amines is 1. The molecule has 0 aliphatic carbocycles. The fourth-order valence-electron chi connectivity index (χ4n) is 1.68. The normalized spacial score (nSPS) is 10.2. The van der Waals surface area contributed by atoms with E-state index in [0.29, 0.717) is 11.6 Å². The minimum atomic E-state index is -0.561. The van der Waals surface area contributed by atoms with E-state index in [2.05, 4.69) is 10.3 Å². The maximum Gasteiger partial charge on any atom is 0.287 e. The van der Waals surface area contributed by atoms with Gasteiger partial charge in [-0.25, -0.2) is 0 Å². The molecule has 1 amide bonds. The van der Waals surface area contributed by atoms with Crippen molar-refractivity contribution in [3.8, 4) is 0 Å². The van der Waals surface area contributed by atoms with E-state index in [0.717, 1.165) is 12.0 Å². The Morgan fingerprint density at radius 3 is 2.60 bits per heavy atom. The lowest BCUT2D eigenvalue weighted by Crippen LogP contribution is -2.12. The SMILES string of the molecule is O=C(Nc1ccc(CCCl)cc1)c1cc([N+](=O)[O-])c[nH]1. The van der Waals surface area contributed by atoms with Crippen LogP contribution in [0.15, 0.2) is 36.5 Å². The fraction of sp³-hybridized carbons (Fsp3) is 0.154. The molecule has 0 radical (unpaired) electrons. The van der Waals surface area contributed by atoms with Gasteiger partial charge in [0.2, 0.25) is 0 Å². The first-order chi connectivity index (χ1) is 9.60. The van der Waals surface area contributed by atoms with E-state index in [1.165, 1.54) is 12.3 Å². The van der Waals surface area contributed by atoms with Crippen LogP contribution in [0.2, 0.25) is 0 Å². The number of hydrogen-bond donors (Lipinski definition) is 2. The van der Waals surface area contributed by atoms with Crippen molar-refractivity contribution in [2.24, 2.45) is 0 Å². The molecule has 20 heavy (non-hydrogen) atoms. The molecule has 0 atom stereocenters. The first-order valence-corrected chi connectivity index (χ1v) is 6.42. The molecule has 104 valence electrons. The molecule has 0 aliphatic rings. The van der Waals surface area contributed by atoms with Crippen molar-refractivity contribution in [1.29, 1.82) is 0 Å². The van der Waals surface area contributed by atoms with Crippen LogP contribution < -0.4 is 5.32 Å². The quantitative estimate of drug-likeness (QED) is 0.504. The van der Waals surface area contributed by atoms with Crippen molar-refractivity contribution in [2.75, 3.05) is 11.2 Å². The highest BCUT2D eigenvalue weighted by molar-refractivity contribution is 6.18. The van der Waals surface area contributed by atoms with E-state index < -0.39 is 10.8 Å². The smallest absolute Gasteiger partial charge is 0.287 e. The molecule has 0 aliphatic heterocycles. The Morgan fingerprint density at radius 1 is 1.35 bits per heavy atom. The zero-order valence-electron chi connectivity index (χ0n) is 10.4. The summed E-state index contributed by atoms with van der Waals surface area (Å²) in [5.41, 5.74) is 1.69. The molecular formula is C13H12ClN3O3. The van der Waals surface area contributed by atoms with E-state index in [-0.39, 0.29) is 11.4 Å². The Hall–Kier alpha value is -2.34. The molecule has 2 aromatic rings. The molecule has 0 unspecified atom stereocenters. The van der Waals surface area contributed by atoms with Crippen molar-refractivity contribution in [3.63, 3.8) is 0 Å². The second-order valence-corrected chi connectivity index (χ2v) is 4.50. The summed E-state index contributed by atoms with van der Waals surface area (Å²) in [6.07, 6.45) is 1.94. The Labute approximate surface area is 119 Å². The number of H-pyrrole nitrogens is 1. The van der Waals surface area contributed by atoms with Crippen molar-refractivity contribution in [2.45, 2.75) is 6.42 Å². The molecule has 1 aromatic heterocycles. The van der Waals surface area contributed by atoms with Gasteiger partial charge in [0.1, 0.15) is 5.69 Å². The summed E-state index contributed by atoms with van der Waals surface area (Å²) < 4.78 is 0. The molecule has 2 rings (SSSR count). The van der Waals surface area contributed by atoms with Crippen LogP contribution >= 0.6 is 11.6 Å². The molecule has 0 spiro atoms. The van der Waals surface area contributed by atoms with Crippen LogP contribution in [0.3, 0.4) is 0 Å². The van der Waals surface area contributed by atoms with E-state index in [1.54, 1.807) is 12.1 Å². The molecule has 7 heteroatoms. The predicted molar refractivity (Wildman–Crippen MR) is 76.3 cm³/mol. The lowest BCUT2D eigenvalue weighted by Gasteiger charge is -2.04. The van der Waals surface area contributed by atoms with Gasteiger partial charge in [-0.1, -0.05) is 12.1 Å². The molecule has 0 fully saturated rings. The van der Waals surface area contributed by atoms with Gasteiger partial charge in [-0.15, -0.1) is 11.6 Å². The number of nitrogens with one attached hydrogen (secondary N) is 2. The summed E-state index contributed by atoms with van der Waals surface area (Å²) in [6, 6.07) is 8.45. The highest BCUT2D eigenvalue weighted by Gasteiger charge is 2.14. The molecule has 0 bridgehead atoms. The van der Waals surface area contributed by atoms with E-state index in [1.807, 2.05) is 12.1 Å². The van der Waals surface area contributed by atoms with Gasteiger partial charge in [0.25, 0.3) is 11.6 Å². The number of amides is 1. The Balaban J connectivity index is 2.04. The van der Waals surface area contributed by atoms with Gasteiger partial charge < -0.3 is 10.3 Å². The molecular weight excluding hydrogens is 282 g/mol. The minimum Gasteiger partial charge on any atom is -0.351 e. The summed E-state index contributed by atoms with van der Waals surface area (Å²) >= 11 is 5.64. The van der Waals surface area contributed by atoms with Gasteiger partial charge in [-0.2, -0.15) is 0 Å². The standard InChI is InChI=1S/C13H12ClN3O3/c14-6-5-9-1-3-10(4-2-9)16-13(18)12-7-11(8-15-12)17(19)20/h1-4,7-8,15H,5-6H2,(H,16,18). The molecule has 2 N–H and O–H groups in total.